The van der Waals surface area contributed by atoms with Gasteiger partial charge in [-0.05, 0) is 49.2 Å². The van der Waals surface area contributed by atoms with E-state index < -0.39 is 10.0 Å². The van der Waals surface area contributed by atoms with Crippen LogP contribution in [0.3, 0.4) is 0 Å². The number of ether oxygens (including phenoxy) is 2. The second-order valence-electron chi connectivity index (χ2n) is 7.01. The second kappa shape index (κ2) is 9.78. The summed E-state index contributed by atoms with van der Waals surface area (Å²) in [4.78, 5) is 12.6. The van der Waals surface area contributed by atoms with Gasteiger partial charge in [0.15, 0.2) is 0 Å². The fourth-order valence-corrected chi connectivity index (χ4v) is 4.87. The number of hydrogen-bond acceptors (Lipinski definition) is 5. The number of amides is 1. The molecule has 0 saturated carbocycles. The summed E-state index contributed by atoms with van der Waals surface area (Å²) < 4.78 is 38.1. The average Bonchev–Trinajstić information content (AvgIpc) is 2.74. The smallest absolute Gasteiger partial charge is 0.251 e. The molecule has 0 bridgehead atoms. The first-order chi connectivity index (χ1) is 14.3. The molecule has 0 radical (unpaired) electrons. The Bertz CT molecular complexity index is 1020. The molecule has 0 spiro atoms. The van der Waals surface area contributed by atoms with Crippen molar-refractivity contribution in [3.63, 3.8) is 0 Å². The summed E-state index contributed by atoms with van der Waals surface area (Å²) in [5.41, 5.74) is 1.84. The number of carbonyl (C=O) groups excluding carboxylic acids is 1. The van der Waals surface area contributed by atoms with Gasteiger partial charge in [-0.25, -0.2) is 8.42 Å². The molecule has 1 heterocycles. The normalized spacial score (nSPS) is 15.0. The minimum atomic E-state index is -3.68. The van der Waals surface area contributed by atoms with E-state index in [0.29, 0.717) is 42.6 Å². The summed E-state index contributed by atoms with van der Waals surface area (Å²) in [5, 5.41) is 3.36. The molecule has 1 aliphatic heterocycles. The molecule has 1 N–H and O–H groups in total. The van der Waals surface area contributed by atoms with E-state index in [2.05, 4.69) is 5.32 Å². The van der Waals surface area contributed by atoms with E-state index in [1.165, 1.54) is 10.4 Å². The van der Waals surface area contributed by atoms with Gasteiger partial charge in [-0.2, -0.15) is 4.31 Å². The predicted octanol–water partition coefficient (Wildman–Crippen LogP) is 2.79. The third kappa shape index (κ3) is 5.31. The Morgan fingerprint density at radius 2 is 1.83 bits per heavy atom. The van der Waals surface area contributed by atoms with E-state index in [9.17, 15) is 13.2 Å². The maximum absolute atomic E-state index is 13.0. The van der Waals surface area contributed by atoms with Gasteiger partial charge in [-0.1, -0.05) is 23.7 Å². The number of carbonyl (C=O) groups is 1. The average molecular weight is 453 g/mol. The minimum absolute atomic E-state index is 0.141. The highest BCUT2D eigenvalue weighted by atomic mass is 35.5. The van der Waals surface area contributed by atoms with Gasteiger partial charge in [0.1, 0.15) is 12.4 Å². The summed E-state index contributed by atoms with van der Waals surface area (Å²) in [5.74, 6) is 0.257. The van der Waals surface area contributed by atoms with Crippen molar-refractivity contribution in [1.82, 2.24) is 9.62 Å². The van der Waals surface area contributed by atoms with E-state index in [0.717, 1.165) is 5.56 Å². The van der Waals surface area contributed by atoms with E-state index in [4.69, 9.17) is 21.1 Å². The highest BCUT2D eigenvalue weighted by Gasteiger charge is 2.28. The third-order valence-electron chi connectivity index (χ3n) is 4.84. The van der Waals surface area contributed by atoms with E-state index in [-0.39, 0.29) is 29.5 Å². The number of nitrogens with one attached hydrogen (secondary N) is 1. The van der Waals surface area contributed by atoms with Crippen LogP contribution < -0.4 is 10.1 Å². The van der Waals surface area contributed by atoms with Gasteiger partial charge in [-0.15, -0.1) is 0 Å². The summed E-state index contributed by atoms with van der Waals surface area (Å²) >= 11 is 6.07. The second-order valence-corrected chi connectivity index (χ2v) is 9.33. The number of hydrogen-bond donors (Lipinski definition) is 1. The topological polar surface area (TPSA) is 84.9 Å². The zero-order valence-corrected chi connectivity index (χ0v) is 18.6. The quantitative estimate of drug-likeness (QED) is 0.653. The molecule has 0 atom stereocenters. The standard InChI is InChI=1S/C21H25ClN2O5S/c1-15-4-6-18(14-19(15)22)29-10-7-23-21(25)17-5-3-16(2)20(13-17)30(26,27)24-8-11-28-12-9-24/h3-6,13-14H,7-12H2,1-2H3,(H,23,25). The predicted molar refractivity (Wildman–Crippen MR) is 115 cm³/mol. The molecule has 3 rings (SSSR count). The van der Waals surface area contributed by atoms with Gasteiger partial charge in [0, 0.05) is 23.7 Å². The van der Waals surface area contributed by atoms with Crippen LogP contribution in [0, 0.1) is 13.8 Å². The van der Waals surface area contributed by atoms with Crippen LogP contribution in [0.1, 0.15) is 21.5 Å². The largest absolute Gasteiger partial charge is 0.492 e. The molecule has 1 amide bonds. The molecule has 0 unspecified atom stereocenters. The Morgan fingerprint density at radius 3 is 2.53 bits per heavy atom. The molecule has 1 aliphatic rings. The zero-order chi connectivity index (χ0) is 21.7. The maximum Gasteiger partial charge on any atom is 0.251 e. The fraction of sp³-hybridized carbons (Fsp3) is 0.381. The van der Waals surface area contributed by atoms with Crippen molar-refractivity contribution < 1.29 is 22.7 Å². The van der Waals surface area contributed by atoms with Crippen molar-refractivity contribution >= 4 is 27.5 Å². The molecule has 162 valence electrons. The lowest BCUT2D eigenvalue weighted by atomic mass is 10.1. The van der Waals surface area contributed by atoms with Gasteiger partial charge in [0.25, 0.3) is 5.91 Å². The first kappa shape index (κ1) is 22.6. The van der Waals surface area contributed by atoms with Crippen LogP contribution in [-0.4, -0.2) is 58.1 Å². The van der Waals surface area contributed by atoms with E-state index in [1.54, 1.807) is 25.1 Å². The SMILES string of the molecule is Cc1ccc(OCCNC(=O)c2ccc(C)c(S(=O)(=O)N3CCOCC3)c2)cc1Cl. The maximum atomic E-state index is 13.0. The van der Waals surface area contributed by atoms with Crippen LogP contribution in [0.15, 0.2) is 41.3 Å². The molecule has 2 aromatic rings. The molecule has 2 aromatic carbocycles. The monoisotopic (exact) mass is 452 g/mol. The minimum Gasteiger partial charge on any atom is -0.492 e. The molecular weight excluding hydrogens is 428 g/mol. The lowest BCUT2D eigenvalue weighted by molar-refractivity contribution is 0.0730. The number of benzene rings is 2. The van der Waals surface area contributed by atoms with Crippen LogP contribution >= 0.6 is 11.6 Å². The number of nitrogens with zero attached hydrogens (tertiary/aromatic N) is 1. The number of rotatable bonds is 7. The molecule has 30 heavy (non-hydrogen) atoms. The van der Waals surface area contributed by atoms with Crippen molar-refractivity contribution in [3.05, 3.63) is 58.1 Å². The first-order valence-corrected chi connectivity index (χ1v) is 11.5. The number of aryl methyl sites for hydroxylation is 2. The van der Waals surface area contributed by atoms with Crippen LogP contribution in [0.4, 0.5) is 0 Å². The molecule has 1 saturated heterocycles. The van der Waals surface area contributed by atoms with Gasteiger partial charge in [-0.3, -0.25) is 4.79 Å². The number of morpholine rings is 1. The zero-order valence-electron chi connectivity index (χ0n) is 17.0. The molecule has 0 aliphatic carbocycles. The van der Waals surface area contributed by atoms with Gasteiger partial charge < -0.3 is 14.8 Å². The number of halogens is 1. The first-order valence-electron chi connectivity index (χ1n) is 9.65. The van der Waals surface area contributed by atoms with Crippen LogP contribution in [0.25, 0.3) is 0 Å². The Labute approximate surface area is 182 Å². The van der Waals surface area contributed by atoms with Crippen LogP contribution in [0.5, 0.6) is 5.75 Å². The van der Waals surface area contributed by atoms with Gasteiger partial charge in [0.05, 0.1) is 24.7 Å². The summed E-state index contributed by atoms with van der Waals surface area (Å²) in [7, 11) is -3.68. The highest BCUT2D eigenvalue weighted by molar-refractivity contribution is 7.89. The summed E-state index contributed by atoms with van der Waals surface area (Å²) in [6, 6.07) is 10.1. The van der Waals surface area contributed by atoms with Crippen molar-refractivity contribution in [2.24, 2.45) is 0 Å². The van der Waals surface area contributed by atoms with Crippen molar-refractivity contribution in [2.75, 3.05) is 39.5 Å². The highest BCUT2D eigenvalue weighted by Crippen LogP contribution is 2.23. The van der Waals surface area contributed by atoms with Crippen molar-refractivity contribution in [1.29, 1.82) is 0 Å². The van der Waals surface area contributed by atoms with Gasteiger partial charge in [0.2, 0.25) is 10.0 Å². The van der Waals surface area contributed by atoms with Crippen LogP contribution in [0.2, 0.25) is 5.02 Å². The molecule has 1 fully saturated rings. The Kier molecular flexibility index (Phi) is 7.36. The van der Waals surface area contributed by atoms with E-state index >= 15 is 0 Å². The summed E-state index contributed by atoms with van der Waals surface area (Å²) in [6.45, 7) is 5.49. The van der Waals surface area contributed by atoms with Gasteiger partial charge >= 0.3 is 0 Å². The number of sulfonamides is 1. The fourth-order valence-electron chi connectivity index (χ4n) is 3.04. The van der Waals surface area contributed by atoms with E-state index in [1.807, 2.05) is 19.1 Å². The molecule has 9 heteroatoms. The van der Waals surface area contributed by atoms with Crippen molar-refractivity contribution in [3.8, 4) is 5.75 Å². The Morgan fingerprint density at radius 1 is 1.13 bits per heavy atom. The molecular formula is C21H25ClN2O5S. The lowest BCUT2D eigenvalue weighted by Gasteiger charge is -2.26. The molecule has 7 nitrogen and oxygen atoms in total. The third-order valence-corrected chi connectivity index (χ3v) is 7.29. The molecule has 0 aromatic heterocycles. The van der Waals surface area contributed by atoms with Crippen LogP contribution in [-0.2, 0) is 14.8 Å². The Balaban J connectivity index is 1.62. The van der Waals surface area contributed by atoms with Crippen molar-refractivity contribution in [2.45, 2.75) is 18.7 Å². The lowest BCUT2D eigenvalue weighted by Crippen LogP contribution is -2.41. The summed E-state index contributed by atoms with van der Waals surface area (Å²) in [6.07, 6.45) is 0. The Hall–Kier alpha value is -2.13.